The monoisotopic (exact) mass is 310 g/mol. The molecule has 2 aromatic heterocycles. The molecule has 120 valence electrons. The van der Waals surface area contributed by atoms with Crippen LogP contribution in [-0.2, 0) is 11.8 Å². The van der Waals surface area contributed by atoms with E-state index >= 15 is 0 Å². The predicted octanol–water partition coefficient (Wildman–Crippen LogP) is 3.04. The Kier molecular flexibility index (Phi) is 3.27. The van der Waals surface area contributed by atoms with Crippen LogP contribution in [0.1, 0.15) is 19.4 Å². The van der Waals surface area contributed by atoms with Crippen molar-refractivity contribution in [3.05, 3.63) is 30.1 Å². The molecule has 5 heteroatoms. The van der Waals surface area contributed by atoms with Crippen molar-refractivity contribution in [2.45, 2.75) is 33.0 Å². The topological polar surface area (TPSA) is 43.2 Å². The molecule has 0 N–H and O–H groups in total. The van der Waals surface area contributed by atoms with Crippen molar-refractivity contribution in [3.63, 3.8) is 0 Å². The molecule has 4 rings (SSSR count). The zero-order valence-electron chi connectivity index (χ0n) is 14.1. The summed E-state index contributed by atoms with van der Waals surface area (Å²) in [5, 5.41) is 1.19. The Morgan fingerprint density at radius 3 is 2.61 bits per heavy atom. The van der Waals surface area contributed by atoms with E-state index < -0.39 is 0 Å². The van der Waals surface area contributed by atoms with Gasteiger partial charge in [0.25, 0.3) is 0 Å². The van der Waals surface area contributed by atoms with Gasteiger partial charge in [-0.3, -0.25) is 0 Å². The second-order valence-electron chi connectivity index (χ2n) is 6.64. The Morgan fingerprint density at radius 1 is 1.13 bits per heavy atom. The number of rotatable bonds is 1. The third-order valence-corrected chi connectivity index (χ3v) is 4.63. The minimum Gasteiger partial charge on any atom is -0.372 e. The predicted molar refractivity (Wildman–Crippen MR) is 93.0 cm³/mol. The standard InChI is InChI=1S/C18H22N4O/c1-11-5-6-15-14(7-11)16-17(21(15)4)18(20-10-19-16)22-8-12(2)23-13(3)9-22/h5-7,10,12-13H,8-9H2,1-4H3. The number of fused-ring (bicyclic) bond motifs is 3. The molecule has 1 aliphatic rings. The lowest BCUT2D eigenvalue weighted by molar-refractivity contribution is -0.00538. The van der Waals surface area contributed by atoms with Crippen LogP contribution in [0.3, 0.4) is 0 Å². The van der Waals surface area contributed by atoms with E-state index in [1.54, 1.807) is 6.33 Å². The van der Waals surface area contributed by atoms with Gasteiger partial charge < -0.3 is 14.2 Å². The Morgan fingerprint density at radius 2 is 1.87 bits per heavy atom. The summed E-state index contributed by atoms with van der Waals surface area (Å²) < 4.78 is 8.08. The molecular formula is C18H22N4O. The number of hydrogen-bond donors (Lipinski definition) is 0. The van der Waals surface area contributed by atoms with Crippen molar-refractivity contribution < 1.29 is 4.74 Å². The average Bonchev–Trinajstić information content (AvgIpc) is 2.79. The second kappa shape index (κ2) is 5.20. The van der Waals surface area contributed by atoms with E-state index in [9.17, 15) is 0 Å². The van der Waals surface area contributed by atoms with Gasteiger partial charge in [0.05, 0.1) is 17.7 Å². The van der Waals surface area contributed by atoms with Gasteiger partial charge in [0.2, 0.25) is 0 Å². The Labute approximate surface area is 135 Å². The number of hydrogen-bond acceptors (Lipinski definition) is 4. The number of nitrogens with zero attached hydrogens (tertiary/aromatic N) is 4. The Hall–Kier alpha value is -2.14. The molecule has 0 radical (unpaired) electrons. The summed E-state index contributed by atoms with van der Waals surface area (Å²) in [6, 6.07) is 6.52. The van der Waals surface area contributed by atoms with Crippen molar-refractivity contribution in [2.24, 2.45) is 7.05 Å². The summed E-state index contributed by atoms with van der Waals surface area (Å²) in [5.41, 5.74) is 4.58. The van der Waals surface area contributed by atoms with Crippen LogP contribution >= 0.6 is 0 Å². The van der Waals surface area contributed by atoms with E-state index in [-0.39, 0.29) is 12.2 Å². The van der Waals surface area contributed by atoms with Crippen LogP contribution in [0.2, 0.25) is 0 Å². The van der Waals surface area contributed by atoms with Gasteiger partial charge in [0, 0.05) is 25.5 Å². The highest BCUT2D eigenvalue weighted by atomic mass is 16.5. The van der Waals surface area contributed by atoms with Gasteiger partial charge in [-0.2, -0.15) is 0 Å². The number of ether oxygens (including phenoxy) is 1. The van der Waals surface area contributed by atoms with Crippen molar-refractivity contribution in [1.29, 1.82) is 0 Å². The molecule has 0 saturated carbocycles. The fourth-order valence-electron chi connectivity index (χ4n) is 3.71. The highest BCUT2D eigenvalue weighted by Crippen LogP contribution is 2.33. The summed E-state index contributed by atoms with van der Waals surface area (Å²) in [4.78, 5) is 11.5. The largest absolute Gasteiger partial charge is 0.372 e. The third kappa shape index (κ3) is 2.27. The second-order valence-corrected chi connectivity index (χ2v) is 6.64. The molecular weight excluding hydrogens is 288 g/mol. The van der Waals surface area contributed by atoms with Crippen LogP contribution < -0.4 is 4.90 Å². The third-order valence-electron chi connectivity index (χ3n) is 4.63. The van der Waals surface area contributed by atoms with E-state index in [1.165, 1.54) is 16.5 Å². The van der Waals surface area contributed by atoms with Crippen LogP contribution in [-0.4, -0.2) is 39.8 Å². The van der Waals surface area contributed by atoms with Crippen molar-refractivity contribution in [1.82, 2.24) is 14.5 Å². The number of aromatic nitrogens is 3. The molecule has 23 heavy (non-hydrogen) atoms. The van der Waals surface area contributed by atoms with Gasteiger partial charge in [-0.15, -0.1) is 0 Å². The molecule has 0 aliphatic carbocycles. The van der Waals surface area contributed by atoms with Crippen LogP contribution in [0.4, 0.5) is 5.82 Å². The SMILES string of the molecule is Cc1ccc2c(c1)c1ncnc(N3CC(C)OC(C)C3)c1n2C. The summed E-state index contributed by atoms with van der Waals surface area (Å²) in [5.74, 6) is 1.01. The Balaban J connectivity index is 1.96. The average molecular weight is 310 g/mol. The maximum atomic E-state index is 5.86. The van der Waals surface area contributed by atoms with E-state index in [0.29, 0.717) is 0 Å². The Bertz CT molecular complexity index is 875. The van der Waals surface area contributed by atoms with Crippen LogP contribution in [0.5, 0.6) is 0 Å². The van der Waals surface area contributed by atoms with Crippen molar-refractivity contribution in [3.8, 4) is 0 Å². The van der Waals surface area contributed by atoms with Gasteiger partial charge in [0.1, 0.15) is 17.4 Å². The molecule has 2 unspecified atom stereocenters. The molecule has 3 heterocycles. The summed E-state index contributed by atoms with van der Waals surface area (Å²) in [7, 11) is 2.10. The molecule has 1 aromatic carbocycles. The van der Waals surface area contributed by atoms with Crippen molar-refractivity contribution >= 4 is 27.8 Å². The number of morpholine rings is 1. The maximum Gasteiger partial charge on any atom is 0.156 e. The molecule has 0 amide bonds. The smallest absolute Gasteiger partial charge is 0.156 e. The summed E-state index contributed by atoms with van der Waals surface area (Å²) in [6.45, 7) is 8.07. The van der Waals surface area contributed by atoms with Gasteiger partial charge in [0.15, 0.2) is 5.82 Å². The first-order chi connectivity index (χ1) is 11.0. The molecule has 2 atom stereocenters. The summed E-state index contributed by atoms with van der Waals surface area (Å²) in [6.07, 6.45) is 2.10. The molecule has 1 saturated heterocycles. The lowest BCUT2D eigenvalue weighted by Crippen LogP contribution is -2.46. The summed E-state index contributed by atoms with van der Waals surface area (Å²) >= 11 is 0. The molecule has 5 nitrogen and oxygen atoms in total. The van der Waals surface area contributed by atoms with Crippen molar-refractivity contribution in [2.75, 3.05) is 18.0 Å². The van der Waals surface area contributed by atoms with E-state index in [0.717, 1.165) is 29.9 Å². The number of anilines is 1. The first kappa shape index (κ1) is 14.5. The maximum absolute atomic E-state index is 5.86. The van der Waals surface area contributed by atoms with E-state index in [2.05, 4.69) is 65.5 Å². The highest BCUT2D eigenvalue weighted by molar-refractivity contribution is 6.09. The highest BCUT2D eigenvalue weighted by Gasteiger charge is 2.26. The molecule has 1 fully saturated rings. The molecule has 0 bridgehead atoms. The van der Waals surface area contributed by atoms with E-state index in [1.807, 2.05) is 0 Å². The van der Waals surface area contributed by atoms with Gasteiger partial charge in [-0.1, -0.05) is 11.6 Å². The lowest BCUT2D eigenvalue weighted by Gasteiger charge is -2.36. The quantitative estimate of drug-likeness (QED) is 0.693. The fourth-order valence-corrected chi connectivity index (χ4v) is 3.71. The zero-order valence-corrected chi connectivity index (χ0v) is 14.1. The number of benzene rings is 1. The minimum atomic E-state index is 0.209. The van der Waals surface area contributed by atoms with Crippen LogP contribution in [0.25, 0.3) is 21.9 Å². The molecule has 3 aromatic rings. The lowest BCUT2D eigenvalue weighted by atomic mass is 10.1. The van der Waals surface area contributed by atoms with Crippen LogP contribution in [0.15, 0.2) is 24.5 Å². The minimum absolute atomic E-state index is 0.209. The number of aryl methyl sites for hydroxylation is 2. The first-order valence-corrected chi connectivity index (χ1v) is 8.14. The van der Waals surface area contributed by atoms with Gasteiger partial charge >= 0.3 is 0 Å². The van der Waals surface area contributed by atoms with E-state index in [4.69, 9.17) is 4.74 Å². The molecule has 1 aliphatic heterocycles. The normalized spacial score (nSPS) is 22.2. The zero-order chi connectivity index (χ0) is 16.1. The first-order valence-electron chi connectivity index (χ1n) is 8.14. The molecule has 0 spiro atoms. The van der Waals surface area contributed by atoms with Crippen LogP contribution in [0, 0.1) is 6.92 Å². The fraction of sp³-hybridized carbons (Fsp3) is 0.444. The van der Waals surface area contributed by atoms with Gasteiger partial charge in [-0.05, 0) is 32.9 Å². The van der Waals surface area contributed by atoms with Gasteiger partial charge in [-0.25, -0.2) is 9.97 Å².